The van der Waals surface area contributed by atoms with E-state index in [9.17, 15) is 5.26 Å². The quantitative estimate of drug-likeness (QED) is 0.152. The minimum atomic E-state index is 0.357. The predicted molar refractivity (Wildman–Crippen MR) is 290 cm³/mol. The van der Waals surface area contributed by atoms with Crippen LogP contribution in [0, 0.1) is 46.8 Å². The van der Waals surface area contributed by atoms with Gasteiger partial charge in [-0.05, 0) is 186 Å². The van der Waals surface area contributed by atoms with Crippen molar-refractivity contribution in [1.29, 1.82) is 5.26 Å². The first-order valence-corrected chi connectivity index (χ1v) is 27.4. The molecule has 8 saturated carbocycles. The van der Waals surface area contributed by atoms with Crippen LogP contribution in [-0.4, -0.2) is 15.0 Å². The van der Waals surface area contributed by atoms with E-state index in [1.165, 1.54) is 109 Å². The second kappa shape index (κ2) is 16.1. The second-order valence-corrected chi connectivity index (χ2v) is 24.2. The first-order valence-electron chi connectivity index (χ1n) is 26.5. The first kappa shape index (κ1) is 42.0. The van der Waals surface area contributed by atoms with Crippen molar-refractivity contribution in [2.45, 2.75) is 87.9 Å². The number of rotatable bonds is 8. The zero-order valence-corrected chi connectivity index (χ0v) is 41.0. The lowest BCUT2D eigenvalue weighted by Crippen LogP contribution is -2.48. The van der Waals surface area contributed by atoms with Gasteiger partial charge in [0.2, 0.25) is 0 Å². The Kier molecular flexibility index (Phi) is 9.54. The molecule has 0 atom stereocenters. The van der Waals surface area contributed by atoms with Crippen LogP contribution >= 0.6 is 11.3 Å². The molecule has 8 aliphatic carbocycles. The average molecular weight is 937 g/mol. The molecule has 0 aliphatic heterocycles. The molecule has 9 aromatic rings. The van der Waals surface area contributed by atoms with Crippen LogP contribution < -0.4 is 0 Å². The van der Waals surface area contributed by atoms with Crippen molar-refractivity contribution < 1.29 is 0 Å². The summed E-state index contributed by atoms with van der Waals surface area (Å²) in [6.07, 6.45) is 16.9. The number of thiophene rings is 1. The Labute approximate surface area is 420 Å². The molecule has 7 aromatic carbocycles. The van der Waals surface area contributed by atoms with Gasteiger partial charge in [-0.3, -0.25) is 0 Å². The van der Waals surface area contributed by atoms with Gasteiger partial charge >= 0.3 is 0 Å². The molecule has 17 rings (SSSR count). The summed E-state index contributed by atoms with van der Waals surface area (Å²) < 4.78 is 2.41. The monoisotopic (exact) mass is 936 g/mol. The highest BCUT2D eigenvalue weighted by molar-refractivity contribution is 7.26. The Bertz CT molecular complexity index is 3390. The standard InChI is InChI=1S/C66H56N4S/c67-39-40-12-25-60-59(32-40)56-11-5-10-55(61(56)71-60)49-13-15-50(16-14-49)62-68-63(57-8-3-1-6-53(57)47-17-21-51(22-18-47)65-33-41-26-42(34-65)28-43(27-41)35-65)70-64(69-62)58-9-4-2-7-54(58)48-19-23-52(24-20-48)66-36-44-29-45(37-66)31-46(30-44)38-66/h1-25,32,41-46H,26-31,33-38H2/t41-,42+,43-,44-,45+,46-,65?,66?. The van der Waals surface area contributed by atoms with Crippen LogP contribution in [0.2, 0.25) is 0 Å². The molecule has 0 saturated heterocycles. The van der Waals surface area contributed by atoms with Crippen LogP contribution in [0.4, 0.5) is 0 Å². The lowest BCUT2D eigenvalue weighted by molar-refractivity contribution is -0.00530. The number of aromatic nitrogens is 3. The molecule has 4 nitrogen and oxygen atoms in total. The molecule has 0 amide bonds. The SMILES string of the molecule is N#Cc1ccc2sc3c(-c4ccc(-c5nc(-c6ccccc6-c6ccc(C78C[C@H]9C[C@@H](C7)C[C@@H](C8)C9)cc6)nc(-c6ccccc6-c6ccc(C78C[C@H]9C[C@@H](C7)C[C@@H](C8)C9)cc6)n5)cc4)cccc3c2c1. The number of hydrogen-bond donors (Lipinski definition) is 0. The highest BCUT2D eigenvalue weighted by Crippen LogP contribution is 2.62. The number of nitriles is 1. The van der Waals surface area contributed by atoms with Crippen LogP contribution in [0.25, 0.3) is 87.7 Å². The molecule has 8 aliphatic rings. The van der Waals surface area contributed by atoms with Crippen LogP contribution in [0.15, 0.2) is 158 Å². The van der Waals surface area contributed by atoms with Crippen molar-refractivity contribution in [2.75, 3.05) is 0 Å². The van der Waals surface area contributed by atoms with Gasteiger partial charge in [0.05, 0.1) is 11.6 Å². The van der Waals surface area contributed by atoms with E-state index in [4.69, 9.17) is 15.0 Å². The second-order valence-electron chi connectivity index (χ2n) is 23.1. The number of benzene rings is 7. The van der Waals surface area contributed by atoms with Gasteiger partial charge < -0.3 is 0 Å². The van der Waals surface area contributed by atoms with E-state index < -0.39 is 0 Å². The molecule has 8 bridgehead atoms. The van der Waals surface area contributed by atoms with Gasteiger partial charge in [-0.15, -0.1) is 11.3 Å². The molecular formula is C66H56N4S. The van der Waals surface area contributed by atoms with E-state index in [2.05, 4.69) is 152 Å². The minimum absolute atomic E-state index is 0.357. The van der Waals surface area contributed by atoms with Crippen molar-refractivity contribution in [3.8, 4) is 73.6 Å². The molecule has 8 fully saturated rings. The van der Waals surface area contributed by atoms with E-state index >= 15 is 0 Å². The number of nitrogens with zero attached hydrogens (tertiary/aromatic N) is 4. The number of fused-ring (bicyclic) bond motifs is 3. The highest BCUT2D eigenvalue weighted by atomic mass is 32.1. The van der Waals surface area contributed by atoms with Gasteiger partial charge in [-0.25, -0.2) is 15.0 Å². The molecule has 0 spiro atoms. The highest BCUT2D eigenvalue weighted by Gasteiger charge is 2.52. The summed E-state index contributed by atoms with van der Waals surface area (Å²) in [4.78, 5) is 16.2. The molecule has 0 unspecified atom stereocenters. The fourth-order valence-electron chi connectivity index (χ4n) is 16.4. The summed E-state index contributed by atoms with van der Waals surface area (Å²) in [5.74, 6) is 7.48. The topological polar surface area (TPSA) is 62.5 Å². The molecule has 71 heavy (non-hydrogen) atoms. The molecular weight excluding hydrogens is 881 g/mol. The van der Waals surface area contributed by atoms with Gasteiger partial charge in [-0.2, -0.15) is 5.26 Å². The fraction of sp³-hybridized carbons (Fsp3) is 0.303. The minimum Gasteiger partial charge on any atom is -0.208 e. The normalized spacial score (nSPS) is 26.9. The summed E-state index contributed by atoms with van der Waals surface area (Å²) in [5.41, 5.74) is 14.4. The van der Waals surface area contributed by atoms with E-state index in [1.54, 1.807) is 22.5 Å². The zero-order chi connectivity index (χ0) is 46.8. The fourth-order valence-corrected chi connectivity index (χ4v) is 17.7. The van der Waals surface area contributed by atoms with Gasteiger partial charge in [0.15, 0.2) is 17.5 Å². The maximum atomic E-state index is 9.66. The molecule has 0 radical (unpaired) electrons. The van der Waals surface area contributed by atoms with Crippen LogP contribution in [0.5, 0.6) is 0 Å². The summed E-state index contributed by atoms with van der Waals surface area (Å²) in [6, 6.07) is 60.3. The molecule has 2 aromatic heterocycles. The summed E-state index contributed by atoms with van der Waals surface area (Å²) >= 11 is 1.78. The Balaban J connectivity index is 0.826. The zero-order valence-electron chi connectivity index (χ0n) is 40.2. The average Bonchev–Trinajstić information content (AvgIpc) is 3.78. The molecule has 2 heterocycles. The molecule has 346 valence electrons. The van der Waals surface area contributed by atoms with Crippen molar-refractivity contribution in [3.05, 3.63) is 174 Å². The van der Waals surface area contributed by atoms with Crippen molar-refractivity contribution in [3.63, 3.8) is 0 Å². The van der Waals surface area contributed by atoms with E-state index in [0.717, 1.165) is 74.3 Å². The maximum absolute atomic E-state index is 9.66. The Hall–Kier alpha value is -6.74. The van der Waals surface area contributed by atoms with Crippen molar-refractivity contribution in [1.82, 2.24) is 15.0 Å². The predicted octanol–water partition coefficient (Wildman–Crippen LogP) is 17.0. The van der Waals surface area contributed by atoms with Crippen molar-refractivity contribution >= 4 is 31.5 Å². The Morgan fingerprint density at radius 3 is 1.28 bits per heavy atom. The summed E-state index contributed by atoms with van der Waals surface area (Å²) in [7, 11) is 0. The maximum Gasteiger partial charge on any atom is 0.164 e. The Morgan fingerprint density at radius 2 is 0.803 bits per heavy atom. The van der Waals surface area contributed by atoms with E-state index in [0.29, 0.717) is 33.9 Å². The van der Waals surface area contributed by atoms with Gasteiger partial charge in [0.1, 0.15) is 0 Å². The lowest BCUT2D eigenvalue weighted by atomic mass is 9.48. The number of hydrogen-bond acceptors (Lipinski definition) is 5. The van der Waals surface area contributed by atoms with E-state index in [-0.39, 0.29) is 0 Å². The third-order valence-electron chi connectivity index (χ3n) is 18.7. The third-order valence-corrected chi connectivity index (χ3v) is 20.0. The first-order chi connectivity index (χ1) is 34.9. The molecule has 5 heteroatoms. The van der Waals surface area contributed by atoms with Crippen LogP contribution in [0.3, 0.4) is 0 Å². The Morgan fingerprint density at radius 1 is 0.394 bits per heavy atom. The summed E-state index contributed by atoms with van der Waals surface area (Å²) in [5, 5.41) is 12.0. The third kappa shape index (κ3) is 6.99. The van der Waals surface area contributed by atoms with Gasteiger partial charge in [0.25, 0.3) is 0 Å². The summed E-state index contributed by atoms with van der Waals surface area (Å²) in [6.45, 7) is 0. The van der Waals surface area contributed by atoms with Gasteiger partial charge in [-0.1, -0.05) is 140 Å². The largest absolute Gasteiger partial charge is 0.208 e. The van der Waals surface area contributed by atoms with E-state index in [1.807, 2.05) is 12.1 Å². The smallest absolute Gasteiger partial charge is 0.164 e. The molecule has 0 N–H and O–H groups in total. The van der Waals surface area contributed by atoms with Gasteiger partial charge in [0, 0.05) is 36.9 Å². The van der Waals surface area contributed by atoms with Crippen LogP contribution in [-0.2, 0) is 10.8 Å². The van der Waals surface area contributed by atoms with Crippen molar-refractivity contribution in [2.24, 2.45) is 35.5 Å². The van der Waals surface area contributed by atoms with Crippen LogP contribution in [0.1, 0.15) is 93.7 Å². The lowest BCUT2D eigenvalue weighted by Gasteiger charge is -2.57.